The van der Waals surface area contributed by atoms with E-state index in [-0.39, 0.29) is 31.2 Å². The quantitative estimate of drug-likeness (QED) is 0.481. The summed E-state index contributed by atoms with van der Waals surface area (Å²) < 4.78 is 16.6. The van der Waals surface area contributed by atoms with Crippen molar-refractivity contribution < 1.29 is 23.5 Å². The molecule has 0 saturated heterocycles. The molecule has 2 amide bonds. The smallest absolute Gasteiger partial charge is 0.242 e. The molecule has 0 unspecified atom stereocenters. The maximum absolute atomic E-state index is 13.5. The minimum atomic E-state index is -0.111. The first-order valence-corrected chi connectivity index (χ1v) is 11.6. The maximum Gasteiger partial charge on any atom is 0.242 e. The van der Waals surface area contributed by atoms with Crippen LogP contribution in [0.2, 0.25) is 0 Å². The van der Waals surface area contributed by atoms with Crippen LogP contribution in [0.5, 0.6) is 11.5 Å². The fraction of sp³-hybridized carbons (Fsp3) is 0.333. The fourth-order valence-corrected chi connectivity index (χ4v) is 4.18. The molecular formula is C27H28N2O5. The number of benzene rings is 2. The molecule has 1 aliphatic carbocycles. The summed E-state index contributed by atoms with van der Waals surface area (Å²) in [5.41, 5.74) is 1.88. The van der Waals surface area contributed by atoms with Gasteiger partial charge in [-0.1, -0.05) is 36.4 Å². The van der Waals surface area contributed by atoms with Crippen LogP contribution in [0.3, 0.4) is 0 Å². The fourth-order valence-electron chi connectivity index (χ4n) is 4.18. The van der Waals surface area contributed by atoms with Crippen LogP contribution in [-0.4, -0.2) is 41.0 Å². The molecule has 2 aromatic carbocycles. The molecule has 7 nitrogen and oxygen atoms in total. The van der Waals surface area contributed by atoms with Crippen LogP contribution in [0.25, 0.3) is 0 Å². The third kappa shape index (κ3) is 5.25. The van der Waals surface area contributed by atoms with Crippen molar-refractivity contribution in [1.82, 2.24) is 9.80 Å². The van der Waals surface area contributed by atoms with E-state index in [1.165, 1.54) is 0 Å². The van der Waals surface area contributed by atoms with Crippen molar-refractivity contribution in [3.05, 3.63) is 83.3 Å². The predicted octanol–water partition coefficient (Wildman–Crippen LogP) is 4.08. The molecule has 7 heteroatoms. The summed E-state index contributed by atoms with van der Waals surface area (Å²) in [5, 5.41) is 0. The van der Waals surface area contributed by atoms with Gasteiger partial charge >= 0.3 is 0 Å². The molecule has 0 atom stereocenters. The van der Waals surface area contributed by atoms with E-state index < -0.39 is 0 Å². The summed E-state index contributed by atoms with van der Waals surface area (Å²) in [7, 11) is 0. The molecule has 5 rings (SSSR count). The number of hydrogen-bond acceptors (Lipinski definition) is 5. The molecule has 34 heavy (non-hydrogen) atoms. The summed E-state index contributed by atoms with van der Waals surface area (Å²) in [6.07, 6.45) is 2.17. The third-order valence-electron chi connectivity index (χ3n) is 6.12. The van der Waals surface area contributed by atoms with Crippen LogP contribution in [0.15, 0.2) is 65.1 Å². The van der Waals surface area contributed by atoms with E-state index in [1.54, 1.807) is 9.80 Å². The molecule has 1 saturated carbocycles. The van der Waals surface area contributed by atoms with E-state index in [0.717, 1.165) is 29.7 Å². The zero-order valence-electron chi connectivity index (χ0n) is 19.2. The number of hydrogen-bond donors (Lipinski definition) is 0. The minimum absolute atomic E-state index is 0.0149. The van der Waals surface area contributed by atoms with Gasteiger partial charge in [-0.2, -0.15) is 0 Å². The summed E-state index contributed by atoms with van der Waals surface area (Å²) in [6.45, 7) is 2.84. The molecule has 176 valence electrons. The SMILES string of the molecule is Cc1ccc(CN(Cc2ccc3c(c2)OCO3)C(=O)CN(C(=O)Cc2ccccc2)C2CC2)o1. The lowest BCUT2D eigenvalue weighted by Crippen LogP contribution is -2.44. The molecule has 0 spiro atoms. The van der Waals surface area contributed by atoms with Gasteiger partial charge in [0.15, 0.2) is 11.5 Å². The van der Waals surface area contributed by atoms with Crippen molar-refractivity contribution in [2.24, 2.45) is 0 Å². The number of ether oxygens (including phenoxy) is 2. The van der Waals surface area contributed by atoms with Crippen LogP contribution in [-0.2, 0) is 29.1 Å². The molecule has 0 radical (unpaired) electrons. The molecule has 2 heterocycles. The van der Waals surface area contributed by atoms with Gasteiger partial charge in [-0.05, 0) is 55.2 Å². The second kappa shape index (κ2) is 9.63. The second-order valence-corrected chi connectivity index (χ2v) is 8.86. The maximum atomic E-state index is 13.5. The Balaban J connectivity index is 1.32. The standard InChI is InChI=1S/C27H28N2O5/c1-19-7-11-23(34-19)16-28(15-21-8-12-24-25(13-21)33-18-32-24)27(31)17-29(22-9-10-22)26(30)14-20-5-3-2-4-6-20/h2-8,11-13,22H,9-10,14-18H2,1H3. The molecule has 1 fully saturated rings. The largest absolute Gasteiger partial charge is 0.464 e. The molecular weight excluding hydrogens is 432 g/mol. The zero-order chi connectivity index (χ0) is 23.5. The number of aryl methyl sites for hydroxylation is 1. The van der Waals surface area contributed by atoms with E-state index in [1.807, 2.05) is 67.6 Å². The summed E-state index contributed by atoms with van der Waals surface area (Å²) in [5.74, 6) is 2.76. The van der Waals surface area contributed by atoms with Gasteiger partial charge in [-0.3, -0.25) is 9.59 Å². The van der Waals surface area contributed by atoms with E-state index in [2.05, 4.69) is 0 Å². The normalized spacial score (nSPS) is 14.1. The van der Waals surface area contributed by atoms with E-state index in [4.69, 9.17) is 13.9 Å². The molecule has 1 aliphatic heterocycles. The van der Waals surface area contributed by atoms with Crippen molar-refractivity contribution in [2.45, 2.75) is 45.3 Å². The Labute approximate surface area is 198 Å². The van der Waals surface area contributed by atoms with Gasteiger partial charge in [-0.15, -0.1) is 0 Å². The first-order chi connectivity index (χ1) is 16.5. The molecule has 0 N–H and O–H groups in total. The van der Waals surface area contributed by atoms with Crippen LogP contribution >= 0.6 is 0 Å². The van der Waals surface area contributed by atoms with Gasteiger partial charge in [-0.25, -0.2) is 0 Å². The minimum Gasteiger partial charge on any atom is -0.464 e. The number of fused-ring (bicyclic) bond motifs is 1. The van der Waals surface area contributed by atoms with E-state index in [0.29, 0.717) is 36.8 Å². The van der Waals surface area contributed by atoms with Crippen LogP contribution in [0.1, 0.15) is 35.5 Å². The number of rotatable bonds is 9. The lowest BCUT2D eigenvalue weighted by Gasteiger charge is -2.27. The predicted molar refractivity (Wildman–Crippen MR) is 125 cm³/mol. The van der Waals surface area contributed by atoms with Crippen LogP contribution in [0.4, 0.5) is 0 Å². The monoisotopic (exact) mass is 460 g/mol. The lowest BCUT2D eigenvalue weighted by atomic mass is 10.1. The Hall–Kier alpha value is -3.74. The molecule has 3 aromatic rings. The second-order valence-electron chi connectivity index (χ2n) is 8.86. The number of nitrogens with zero attached hydrogens (tertiary/aromatic N) is 2. The average Bonchev–Trinajstić information content (AvgIpc) is 3.42. The van der Waals surface area contributed by atoms with Crippen molar-refractivity contribution in [1.29, 1.82) is 0 Å². The Morgan fingerprint density at radius 2 is 1.68 bits per heavy atom. The molecule has 1 aromatic heterocycles. The average molecular weight is 461 g/mol. The van der Waals surface area contributed by atoms with Gasteiger partial charge in [0.25, 0.3) is 0 Å². The summed E-state index contributed by atoms with van der Waals surface area (Å²) in [6, 6.07) is 19.3. The van der Waals surface area contributed by atoms with E-state index in [9.17, 15) is 9.59 Å². The highest BCUT2D eigenvalue weighted by molar-refractivity contribution is 5.86. The van der Waals surface area contributed by atoms with Gasteiger partial charge < -0.3 is 23.7 Å². The first kappa shape index (κ1) is 22.1. The molecule has 0 bridgehead atoms. The van der Waals surface area contributed by atoms with Crippen molar-refractivity contribution in [2.75, 3.05) is 13.3 Å². The van der Waals surface area contributed by atoms with Gasteiger partial charge in [0.05, 0.1) is 13.0 Å². The number of furan rings is 1. The Morgan fingerprint density at radius 3 is 2.41 bits per heavy atom. The highest BCUT2D eigenvalue weighted by Gasteiger charge is 2.35. The Bertz CT molecular complexity index is 1170. The number of carbonyl (C=O) groups is 2. The van der Waals surface area contributed by atoms with E-state index >= 15 is 0 Å². The Kier molecular flexibility index (Phi) is 6.25. The number of carbonyl (C=O) groups excluding carboxylic acids is 2. The zero-order valence-corrected chi connectivity index (χ0v) is 19.2. The van der Waals surface area contributed by atoms with Gasteiger partial charge in [0.1, 0.15) is 18.1 Å². The summed E-state index contributed by atoms with van der Waals surface area (Å²) in [4.78, 5) is 30.1. The Morgan fingerprint density at radius 1 is 0.882 bits per heavy atom. The van der Waals surface area contributed by atoms with Gasteiger partial charge in [0, 0.05) is 12.6 Å². The highest BCUT2D eigenvalue weighted by Crippen LogP contribution is 2.33. The summed E-state index contributed by atoms with van der Waals surface area (Å²) >= 11 is 0. The first-order valence-electron chi connectivity index (χ1n) is 11.6. The number of amides is 2. The topological polar surface area (TPSA) is 72.2 Å². The van der Waals surface area contributed by atoms with Crippen LogP contribution < -0.4 is 9.47 Å². The van der Waals surface area contributed by atoms with Gasteiger partial charge in [0.2, 0.25) is 18.6 Å². The third-order valence-corrected chi connectivity index (χ3v) is 6.12. The van der Waals surface area contributed by atoms with Crippen LogP contribution in [0, 0.1) is 6.92 Å². The highest BCUT2D eigenvalue weighted by atomic mass is 16.7. The van der Waals surface area contributed by atoms with Crippen molar-refractivity contribution in [3.63, 3.8) is 0 Å². The lowest BCUT2D eigenvalue weighted by molar-refractivity contribution is -0.141. The van der Waals surface area contributed by atoms with Crippen molar-refractivity contribution >= 4 is 11.8 Å². The van der Waals surface area contributed by atoms with Crippen molar-refractivity contribution in [3.8, 4) is 11.5 Å². The molecule has 2 aliphatic rings.